The minimum absolute atomic E-state index is 0.0618. The van der Waals surface area contributed by atoms with Crippen molar-refractivity contribution in [3.05, 3.63) is 66.7 Å². The Bertz CT molecular complexity index is 865. The first kappa shape index (κ1) is 12.2. The minimum atomic E-state index is -0.400. The first-order valence-electron chi connectivity index (χ1n) is 5.58. The van der Waals surface area contributed by atoms with E-state index in [0.717, 1.165) is 5.56 Å². The number of benzene rings is 1. The Labute approximate surface area is 121 Å². The average Bonchev–Trinajstić information content (AvgIpc) is 2.44. The predicted molar refractivity (Wildman–Crippen MR) is 81.3 cm³/mol. The summed E-state index contributed by atoms with van der Waals surface area (Å²) < 4.78 is 6.11. The number of fused-ring (bicyclic) bond motifs is 1. The lowest BCUT2D eigenvalue weighted by atomic mass is 10.1. The number of aromatic amines is 1. The maximum atomic E-state index is 12.3. The van der Waals surface area contributed by atoms with Gasteiger partial charge in [-0.2, -0.15) is 0 Å². The number of pyridine rings is 1. The Hall–Kier alpha value is -1.89. The lowest BCUT2D eigenvalue weighted by molar-refractivity contribution is 0.609. The Balaban J connectivity index is 2.46. The molecule has 4 nitrogen and oxygen atoms in total. The highest BCUT2D eigenvalue weighted by molar-refractivity contribution is 14.1. The zero-order valence-corrected chi connectivity index (χ0v) is 11.8. The summed E-state index contributed by atoms with van der Waals surface area (Å²) in [5.74, 6) is 0.426. The predicted octanol–water partition coefficient (Wildman–Crippen LogP) is 2.75. The molecule has 0 saturated heterocycles. The van der Waals surface area contributed by atoms with Gasteiger partial charge in [0.1, 0.15) is 3.57 Å². The van der Waals surface area contributed by atoms with Crippen molar-refractivity contribution in [3.63, 3.8) is 0 Å². The maximum Gasteiger partial charge on any atom is 0.291 e. The summed E-state index contributed by atoms with van der Waals surface area (Å²) in [6.07, 6.45) is 1.44. The van der Waals surface area contributed by atoms with Crippen LogP contribution in [0.25, 0.3) is 22.3 Å². The van der Waals surface area contributed by atoms with E-state index in [1.165, 1.54) is 6.20 Å². The molecule has 2 aromatic heterocycles. The molecule has 94 valence electrons. The fraction of sp³-hybridized carbons (Fsp3) is 0. The second-order valence-electron chi connectivity index (χ2n) is 3.99. The molecule has 0 unspecified atom stereocenters. The molecule has 0 aliphatic heterocycles. The van der Waals surface area contributed by atoms with Crippen LogP contribution in [0.5, 0.6) is 0 Å². The van der Waals surface area contributed by atoms with Gasteiger partial charge in [0.15, 0.2) is 5.76 Å². The van der Waals surface area contributed by atoms with Gasteiger partial charge in [0.05, 0.1) is 5.39 Å². The van der Waals surface area contributed by atoms with Crippen molar-refractivity contribution in [1.29, 1.82) is 0 Å². The molecule has 0 amide bonds. The first-order chi connectivity index (χ1) is 9.18. The van der Waals surface area contributed by atoms with Crippen LogP contribution in [0.2, 0.25) is 0 Å². The lowest BCUT2D eigenvalue weighted by Crippen LogP contribution is -2.14. The van der Waals surface area contributed by atoms with Gasteiger partial charge in [0.2, 0.25) is 11.0 Å². The van der Waals surface area contributed by atoms with Crippen LogP contribution in [0.1, 0.15) is 0 Å². The highest BCUT2D eigenvalue weighted by Gasteiger charge is 2.15. The lowest BCUT2D eigenvalue weighted by Gasteiger charge is -2.05. The number of H-pyrrole nitrogens is 1. The van der Waals surface area contributed by atoms with Crippen molar-refractivity contribution in [3.8, 4) is 11.3 Å². The minimum Gasteiger partial charge on any atom is -0.449 e. The Morgan fingerprint density at radius 1 is 1.05 bits per heavy atom. The van der Waals surface area contributed by atoms with E-state index in [0.29, 0.717) is 14.7 Å². The molecule has 0 saturated carbocycles. The summed E-state index contributed by atoms with van der Waals surface area (Å²) in [7, 11) is 0. The SMILES string of the molecule is O=c1c(I)c(-c2ccccc2)oc2c(=O)[nH]ccc12. The summed E-state index contributed by atoms with van der Waals surface area (Å²) in [4.78, 5) is 26.5. The molecule has 0 atom stereocenters. The smallest absolute Gasteiger partial charge is 0.291 e. The van der Waals surface area contributed by atoms with Crippen LogP contribution in [0.3, 0.4) is 0 Å². The van der Waals surface area contributed by atoms with Crippen LogP contribution >= 0.6 is 22.6 Å². The van der Waals surface area contributed by atoms with Gasteiger partial charge in [-0.1, -0.05) is 30.3 Å². The fourth-order valence-electron chi connectivity index (χ4n) is 1.89. The van der Waals surface area contributed by atoms with Crippen molar-refractivity contribution in [1.82, 2.24) is 4.98 Å². The van der Waals surface area contributed by atoms with E-state index in [1.54, 1.807) is 6.07 Å². The molecular weight excluding hydrogens is 357 g/mol. The van der Waals surface area contributed by atoms with Crippen molar-refractivity contribution < 1.29 is 4.42 Å². The molecule has 0 fully saturated rings. The number of hydrogen-bond donors (Lipinski definition) is 1. The molecule has 0 spiro atoms. The Kier molecular flexibility index (Phi) is 2.98. The van der Waals surface area contributed by atoms with E-state index in [4.69, 9.17) is 4.42 Å². The van der Waals surface area contributed by atoms with Crippen molar-refractivity contribution in [2.45, 2.75) is 0 Å². The first-order valence-corrected chi connectivity index (χ1v) is 6.66. The van der Waals surface area contributed by atoms with Crippen molar-refractivity contribution in [2.24, 2.45) is 0 Å². The average molecular weight is 365 g/mol. The summed E-state index contributed by atoms with van der Waals surface area (Å²) in [6, 6.07) is 10.8. The standard InChI is InChI=1S/C14H8INO3/c15-10-11(17)9-6-7-16-14(18)13(9)19-12(10)8-4-2-1-3-5-8/h1-7H,(H,16,18). The van der Waals surface area contributed by atoms with Crippen LogP contribution in [0.15, 0.2) is 56.6 Å². The Morgan fingerprint density at radius 3 is 2.53 bits per heavy atom. The molecule has 3 aromatic rings. The molecule has 0 radical (unpaired) electrons. The van der Waals surface area contributed by atoms with E-state index < -0.39 is 5.56 Å². The van der Waals surface area contributed by atoms with E-state index in [-0.39, 0.29) is 11.0 Å². The van der Waals surface area contributed by atoms with Gasteiger partial charge < -0.3 is 9.40 Å². The van der Waals surface area contributed by atoms with Gasteiger partial charge in [0.25, 0.3) is 5.56 Å². The van der Waals surface area contributed by atoms with Crippen LogP contribution < -0.4 is 11.0 Å². The molecule has 0 aliphatic carbocycles. The van der Waals surface area contributed by atoms with Crippen molar-refractivity contribution >= 4 is 33.6 Å². The van der Waals surface area contributed by atoms with Crippen LogP contribution in [0.4, 0.5) is 0 Å². The van der Waals surface area contributed by atoms with Crippen molar-refractivity contribution in [2.75, 3.05) is 0 Å². The quantitative estimate of drug-likeness (QED) is 0.675. The number of hydrogen-bond acceptors (Lipinski definition) is 3. The molecule has 19 heavy (non-hydrogen) atoms. The fourth-order valence-corrected chi connectivity index (χ4v) is 2.60. The van der Waals surface area contributed by atoms with E-state index in [9.17, 15) is 9.59 Å². The third-order valence-corrected chi connectivity index (χ3v) is 3.78. The number of nitrogens with one attached hydrogen (secondary N) is 1. The molecule has 1 N–H and O–H groups in total. The van der Waals surface area contributed by atoms with Crippen LogP contribution in [0, 0.1) is 3.57 Å². The van der Waals surface area contributed by atoms with Gasteiger partial charge in [-0.3, -0.25) is 9.59 Å². The summed E-state index contributed by atoms with van der Waals surface area (Å²) in [5, 5.41) is 0.299. The molecule has 1 aromatic carbocycles. The number of rotatable bonds is 1. The van der Waals surface area contributed by atoms with Gasteiger partial charge in [-0.15, -0.1) is 0 Å². The highest BCUT2D eigenvalue weighted by Crippen LogP contribution is 2.25. The molecule has 3 rings (SSSR count). The summed E-state index contributed by atoms with van der Waals surface area (Å²) in [5.41, 5.74) is 0.246. The number of halogens is 1. The third-order valence-electron chi connectivity index (χ3n) is 2.80. The molecular formula is C14H8INO3. The highest BCUT2D eigenvalue weighted by atomic mass is 127. The Morgan fingerprint density at radius 2 is 1.79 bits per heavy atom. The third kappa shape index (κ3) is 1.99. The van der Waals surface area contributed by atoms with Gasteiger partial charge in [-0.05, 0) is 28.7 Å². The second-order valence-corrected chi connectivity index (χ2v) is 5.07. The largest absolute Gasteiger partial charge is 0.449 e. The summed E-state index contributed by atoms with van der Waals surface area (Å²) in [6.45, 7) is 0. The van der Waals surface area contributed by atoms with E-state index in [1.807, 2.05) is 52.9 Å². The zero-order chi connectivity index (χ0) is 13.4. The molecule has 0 aliphatic rings. The van der Waals surface area contributed by atoms with E-state index in [2.05, 4.69) is 4.98 Å². The van der Waals surface area contributed by atoms with Gasteiger partial charge in [0, 0.05) is 11.8 Å². The second kappa shape index (κ2) is 4.65. The molecule has 2 heterocycles. The summed E-state index contributed by atoms with van der Waals surface area (Å²) >= 11 is 1.95. The van der Waals surface area contributed by atoms with Gasteiger partial charge in [-0.25, -0.2) is 0 Å². The van der Waals surface area contributed by atoms with Crippen LogP contribution in [-0.2, 0) is 0 Å². The normalized spacial score (nSPS) is 10.8. The topological polar surface area (TPSA) is 63.1 Å². The molecule has 0 bridgehead atoms. The zero-order valence-electron chi connectivity index (χ0n) is 9.64. The van der Waals surface area contributed by atoms with Crippen LogP contribution in [-0.4, -0.2) is 4.98 Å². The molecule has 5 heteroatoms. The monoisotopic (exact) mass is 365 g/mol. The maximum absolute atomic E-state index is 12.3. The van der Waals surface area contributed by atoms with Gasteiger partial charge >= 0.3 is 0 Å². The number of aromatic nitrogens is 1. The van der Waals surface area contributed by atoms with E-state index >= 15 is 0 Å².